The summed E-state index contributed by atoms with van der Waals surface area (Å²) in [6.45, 7) is 8.51. The van der Waals surface area contributed by atoms with Gasteiger partial charge in [-0.1, -0.05) is 13.2 Å². The quantitative estimate of drug-likeness (QED) is 0.290. The van der Waals surface area contributed by atoms with Crippen LogP contribution in [-0.4, -0.2) is 24.4 Å². The monoisotopic (exact) mass is 396 g/mol. The van der Waals surface area contributed by atoms with Gasteiger partial charge in [0.15, 0.2) is 11.5 Å². The fraction of sp³-hybridized carbons (Fsp3) is 0.0476. The molecule has 2 aromatic rings. The molecule has 0 unspecified atom stereocenters. The number of aryl methyl sites for hydroxylation is 1. The summed E-state index contributed by atoms with van der Waals surface area (Å²) in [5, 5.41) is 0. The number of hydrogen-bond donors (Lipinski definition) is 0. The van der Waals surface area contributed by atoms with Crippen LogP contribution < -0.4 is 18.9 Å². The first kappa shape index (κ1) is 21.1. The van der Waals surface area contributed by atoms with Crippen molar-refractivity contribution < 1.29 is 38.1 Å². The average Bonchev–Trinajstić information content (AvgIpc) is 2.71. The van der Waals surface area contributed by atoms with Gasteiger partial charge >= 0.3 is 17.9 Å². The molecule has 0 bridgehead atoms. The van der Waals surface area contributed by atoms with E-state index in [1.807, 2.05) is 0 Å². The Morgan fingerprint density at radius 3 is 2.03 bits per heavy atom. The number of benzene rings is 2. The van der Waals surface area contributed by atoms with Crippen molar-refractivity contribution in [2.45, 2.75) is 6.92 Å². The van der Waals surface area contributed by atoms with Crippen LogP contribution in [0.25, 0.3) is 0 Å². The van der Waals surface area contributed by atoms with Crippen molar-refractivity contribution in [3.63, 3.8) is 0 Å². The second-order valence-electron chi connectivity index (χ2n) is 5.44. The van der Waals surface area contributed by atoms with E-state index < -0.39 is 17.9 Å². The normalized spacial score (nSPS) is 9.69. The van der Waals surface area contributed by atoms with Crippen molar-refractivity contribution in [3.05, 3.63) is 72.8 Å². The zero-order valence-corrected chi connectivity index (χ0v) is 15.4. The number of ether oxygens (including phenoxy) is 4. The lowest BCUT2D eigenvalue weighted by molar-refractivity contribution is -0.131. The summed E-state index contributed by atoms with van der Waals surface area (Å²) >= 11 is 0. The van der Waals surface area contributed by atoms with Gasteiger partial charge in [0.2, 0.25) is 0 Å². The summed E-state index contributed by atoms with van der Waals surface area (Å²) < 4.78 is 20.1. The topological polar surface area (TPSA) is 105 Å². The van der Waals surface area contributed by atoms with E-state index in [2.05, 4.69) is 13.2 Å². The van der Waals surface area contributed by atoms with Crippen molar-refractivity contribution in [1.82, 2.24) is 0 Å². The molecule has 0 spiro atoms. The summed E-state index contributed by atoms with van der Waals surface area (Å²) in [5.74, 6) is -2.07. The van der Waals surface area contributed by atoms with E-state index >= 15 is 0 Å². The Morgan fingerprint density at radius 2 is 1.45 bits per heavy atom. The second kappa shape index (κ2) is 9.65. The van der Waals surface area contributed by atoms with Crippen molar-refractivity contribution in [2.24, 2.45) is 0 Å². The molecule has 2 rings (SSSR count). The molecular formula is C21H16O8. The van der Waals surface area contributed by atoms with Crippen molar-refractivity contribution in [2.75, 3.05) is 0 Å². The van der Waals surface area contributed by atoms with E-state index in [0.29, 0.717) is 11.3 Å². The second-order valence-corrected chi connectivity index (χ2v) is 5.44. The van der Waals surface area contributed by atoms with Gasteiger partial charge in [-0.3, -0.25) is 4.79 Å². The van der Waals surface area contributed by atoms with Gasteiger partial charge in [-0.25, -0.2) is 14.4 Å². The molecule has 0 radical (unpaired) electrons. The third-order valence-electron chi connectivity index (χ3n) is 3.47. The molecule has 0 aliphatic heterocycles. The Morgan fingerprint density at radius 1 is 0.828 bits per heavy atom. The maximum absolute atomic E-state index is 12.5. The van der Waals surface area contributed by atoms with Gasteiger partial charge in [0.25, 0.3) is 6.47 Å². The minimum Gasteiger partial charge on any atom is -0.429 e. The van der Waals surface area contributed by atoms with E-state index in [9.17, 15) is 19.2 Å². The molecule has 0 aromatic heterocycles. The highest BCUT2D eigenvalue weighted by atomic mass is 16.6. The summed E-state index contributed by atoms with van der Waals surface area (Å²) in [5.41, 5.74) is 0.579. The molecule has 0 N–H and O–H groups in total. The lowest BCUT2D eigenvalue weighted by Gasteiger charge is -2.11. The largest absolute Gasteiger partial charge is 0.429 e. The molecule has 0 atom stereocenters. The summed E-state index contributed by atoms with van der Waals surface area (Å²) in [6, 6.07) is 8.24. The first-order valence-electron chi connectivity index (χ1n) is 8.13. The highest BCUT2D eigenvalue weighted by Crippen LogP contribution is 2.30. The van der Waals surface area contributed by atoms with Crippen LogP contribution in [-0.2, 0) is 14.4 Å². The summed E-state index contributed by atoms with van der Waals surface area (Å²) in [6.07, 6.45) is 1.85. The smallest absolute Gasteiger partial charge is 0.343 e. The molecule has 29 heavy (non-hydrogen) atoms. The van der Waals surface area contributed by atoms with E-state index in [1.165, 1.54) is 36.4 Å². The number of rotatable bonds is 8. The van der Waals surface area contributed by atoms with E-state index in [4.69, 9.17) is 18.9 Å². The molecule has 0 aliphatic carbocycles. The number of carbonyl (C=O) groups is 4. The van der Waals surface area contributed by atoms with E-state index in [1.54, 1.807) is 6.92 Å². The third-order valence-corrected chi connectivity index (χ3v) is 3.47. The average molecular weight is 396 g/mol. The fourth-order valence-corrected chi connectivity index (χ4v) is 2.12. The Hall–Kier alpha value is -4.20. The lowest BCUT2D eigenvalue weighted by Crippen LogP contribution is -2.12. The van der Waals surface area contributed by atoms with Gasteiger partial charge in [0, 0.05) is 12.2 Å². The Balaban J connectivity index is 2.29. The Kier molecular flexibility index (Phi) is 7.03. The highest BCUT2D eigenvalue weighted by molar-refractivity contribution is 5.93. The van der Waals surface area contributed by atoms with Crippen LogP contribution in [0.4, 0.5) is 0 Å². The van der Waals surface area contributed by atoms with E-state index in [0.717, 1.165) is 12.2 Å². The van der Waals surface area contributed by atoms with E-state index in [-0.39, 0.29) is 29.3 Å². The molecule has 0 amide bonds. The number of carbonyl (C=O) groups excluding carboxylic acids is 4. The van der Waals surface area contributed by atoms with Crippen LogP contribution in [0.2, 0.25) is 0 Å². The molecule has 2 aromatic carbocycles. The summed E-state index contributed by atoms with van der Waals surface area (Å²) in [7, 11) is 0. The first-order valence-corrected chi connectivity index (χ1v) is 8.13. The number of hydrogen-bond acceptors (Lipinski definition) is 8. The third kappa shape index (κ3) is 5.64. The van der Waals surface area contributed by atoms with Crippen molar-refractivity contribution in [1.29, 1.82) is 0 Å². The lowest BCUT2D eigenvalue weighted by atomic mass is 10.2. The van der Waals surface area contributed by atoms with Crippen molar-refractivity contribution in [3.8, 4) is 23.0 Å². The maximum atomic E-state index is 12.5. The zero-order chi connectivity index (χ0) is 21.4. The molecule has 0 aliphatic rings. The molecule has 0 fully saturated rings. The minimum atomic E-state index is -0.812. The maximum Gasteiger partial charge on any atom is 0.343 e. The van der Waals surface area contributed by atoms with Gasteiger partial charge in [0.1, 0.15) is 11.5 Å². The predicted molar refractivity (Wildman–Crippen MR) is 101 cm³/mol. The van der Waals surface area contributed by atoms with Crippen LogP contribution in [0.3, 0.4) is 0 Å². The molecule has 0 heterocycles. The van der Waals surface area contributed by atoms with Crippen LogP contribution >= 0.6 is 0 Å². The molecule has 8 heteroatoms. The highest BCUT2D eigenvalue weighted by Gasteiger charge is 2.17. The van der Waals surface area contributed by atoms with Gasteiger partial charge < -0.3 is 18.9 Å². The Labute approximate surface area is 165 Å². The van der Waals surface area contributed by atoms with Gasteiger partial charge in [-0.05, 0) is 48.9 Å². The standard InChI is InChI=1S/C21H16O8/c1-4-19(23)27-17-8-6-14(11-18(17)28-20(24)5-2)21(25)29-16-9-7-15(26-12-22)10-13(16)3/h4-12H,1-2H2,3H3. The predicted octanol–water partition coefficient (Wildman–Crippen LogP) is 2.93. The van der Waals surface area contributed by atoms with Crippen LogP contribution in [0, 0.1) is 6.92 Å². The first-order chi connectivity index (χ1) is 13.9. The molecule has 0 saturated heterocycles. The SMILES string of the molecule is C=CC(=O)Oc1ccc(C(=O)Oc2ccc(OC=O)cc2C)cc1OC(=O)C=C. The van der Waals surface area contributed by atoms with Gasteiger partial charge in [-0.15, -0.1) is 0 Å². The molecular weight excluding hydrogens is 380 g/mol. The van der Waals surface area contributed by atoms with Crippen molar-refractivity contribution >= 4 is 24.4 Å². The molecule has 8 nitrogen and oxygen atoms in total. The zero-order valence-electron chi connectivity index (χ0n) is 15.4. The molecule has 0 saturated carbocycles. The summed E-state index contributed by atoms with van der Waals surface area (Å²) in [4.78, 5) is 45.8. The Bertz CT molecular complexity index is 990. The van der Waals surface area contributed by atoms with Crippen LogP contribution in [0.15, 0.2) is 61.7 Å². The van der Waals surface area contributed by atoms with Crippen LogP contribution in [0.1, 0.15) is 15.9 Å². The number of esters is 3. The van der Waals surface area contributed by atoms with Gasteiger partial charge in [0.05, 0.1) is 5.56 Å². The fourth-order valence-electron chi connectivity index (χ4n) is 2.12. The molecule has 148 valence electrons. The minimum absolute atomic E-state index is 0.0304. The van der Waals surface area contributed by atoms with Gasteiger partial charge in [-0.2, -0.15) is 0 Å². The van der Waals surface area contributed by atoms with Crippen LogP contribution in [0.5, 0.6) is 23.0 Å².